The van der Waals surface area contributed by atoms with Crippen LogP contribution in [0.2, 0.25) is 0 Å². The lowest BCUT2D eigenvalue weighted by molar-refractivity contribution is 0.306. The van der Waals surface area contributed by atoms with Crippen LogP contribution in [0.25, 0.3) is 28.3 Å². The number of rotatable bonds is 7. The van der Waals surface area contributed by atoms with E-state index in [1.165, 1.54) is 10.1 Å². The Hall–Kier alpha value is -4.66. The van der Waals surface area contributed by atoms with E-state index in [0.717, 1.165) is 35.2 Å². The minimum Gasteiger partial charge on any atom is -0.489 e. The summed E-state index contributed by atoms with van der Waals surface area (Å²) < 4.78 is 12.8. The molecular weight excluding hydrogens is 430 g/mol. The first-order valence-electron chi connectivity index (χ1n) is 10.9. The number of nitrogens with one attached hydrogen (secondary N) is 1. The lowest BCUT2D eigenvalue weighted by Crippen LogP contribution is -2.03. The lowest BCUT2D eigenvalue weighted by Gasteiger charge is -2.07. The SMILES string of the molecule is Nc1nc2n[nH]c(CCc3ccc(OCc4ccccc4)cc3)c2c2nc(-c3ccco3)nn12. The minimum atomic E-state index is 0.219. The van der Waals surface area contributed by atoms with Crippen molar-refractivity contribution in [3.05, 3.63) is 89.8 Å². The zero-order chi connectivity index (χ0) is 22.9. The van der Waals surface area contributed by atoms with Crippen molar-refractivity contribution < 1.29 is 9.15 Å². The summed E-state index contributed by atoms with van der Waals surface area (Å²) in [6.07, 6.45) is 3.12. The van der Waals surface area contributed by atoms with E-state index in [9.17, 15) is 0 Å². The molecule has 34 heavy (non-hydrogen) atoms. The Balaban J connectivity index is 1.21. The first-order valence-corrected chi connectivity index (χ1v) is 10.9. The molecule has 0 aliphatic carbocycles. The Morgan fingerprint density at radius 1 is 0.912 bits per heavy atom. The second-order valence-electron chi connectivity index (χ2n) is 7.94. The van der Waals surface area contributed by atoms with E-state index in [1.54, 1.807) is 18.4 Å². The molecule has 6 rings (SSSR count). The van der Waals surface area contributed by atoms with Gasteiger partial charge in [0.2, 0.25) is 11.8 Å². The number of furan rings is 1. The highest BCUT2D eigenvalue weighted by Gasteiger charge is 2.19. The summed E-state index contributed by atoms with van der Waals surface area (Å²) >= 11 is 0. The van der Waals surface area contributed by atoms with Gasteiger partial charge in [-0.1, -0.05) is 42.5 Å². The number of nitrogen functional groups attached to an aromatic ring is 1. The van der Waals surface area contributed by atoms with Crippen LogP contribution in [0.15, 0.2) is 77.4 Å². The maximum absolute atomic E-state index is 6.09. The Kier molecular flexibility index (Phi) is 4.91. The molecule has 2 aromatic carbocycles. The van der Waals surface area contributed by atoms with Gasteiger partial charge in [-0.2, -0.15) is 14.6 Å². The van der Waals surface area contributed by atoms with E-state index in [4.69, 9.17) is 14.9 Å². The van der Waals surface area contributed by atoms with Gasteiger partial charge in [-0.25, -0.2) is 4.98 Å². The number of hydrogen-bond donors (Lipinski definition) is 2. The number of anilines is 1. The van der Waals surface area contributed by atoms with Gasteiger partial charge >= 0.3 is 0 Å². The maximum Gasteiger partial charge on any atom is 0.225 e. The van der Waals surface area contributed by atoms with Crippen molar-refractivity contribution in [1.82, 2.24) is 29.8 Å². The molecule has 0 radical (unpaired) electrons. The van der Waals surface area contributed by atoms with Gasteiger partial charge in [0.1, 0.15) is 12.4 Å². The summed E-state index contributed by atoms with van der Waals surface area (Å²) in [7, 11) is 0. The van der Waals surface area contributed by atoms with Crippen molar-refractivity contribution in [1.29, 1.82) is 0 Å². The van der Waals surface area contributed by atoms with Crippen LogP contribution in [0.5, 0.6) is 5.75 Å². The Bertz CT molecular complexity index is 1550. The monoisotopic (exact) mass is 451 g/mol. The number of hydrogen-bond acceptors (Lipinski definition) is 7. The number of benzene rings is 2. The fraction of sp³-hybridized carbons (Fsp3) is 0.120. The second kappa shape index (κ2) is 8.36. The smallest absolute Gasteiger partial charge is 0.225 e. The molecule has 0 aliphatic rings. The molecule has 168 valence electrons. The molecule has 9 nitrogen and oxygen atoms in total. The quantitative estimate of drug-likeness (QED) is 0.373. The number of aromatic amines is 1. The number of aromatic nitrogens is 6. The average Bonchev–Trinajstić information content (AvgIpc) is 3.62. The molecule has 9 heteroatoms. The summed E-state index contributed by atoms with van der Waals surface area (Å²) in [5, 5.41) is 12.7. The van der Waals surface area contributed by atoms with E-state index in [0.29, 0.717) is 29.5 Å². The summed E-state index contributed by atoms with van der Waals surface area (Å²) in [6.45, 7) is 0.546. The first kappa shape index (κ1) is 20.0. The second-order valence-corrected chi connectivity index (χ2v) is 7.94. The molecule has 0 saturated carbocycles. The van der Waals surface area contributed by atoms with Crippen molar-refractivity contribution in [2.75, 3.05) is 5.73 Å². The molecule has 0 bridgehead atoms. The molecular formula is C25H21N7O2. The molecule has 0 atom stereocenters. The van der Waals surface area contributed by atoms with Crippen LogP contribution >= 0.6 is 0 Å². The third-order valence-corrected chi connectivity index (χ3v) is 5.67. The molecule has 0 spiro atoms. The summed E-state index contributed by atoms with van der Waals surface area (Å²) in [5.41, 5.74) is 10.5. The van der Waals surface area contributed by atoms with Gasteiger partial charge in [-0.15, -0.1) is 5.10 Å². The van der Waals surface area contributed by atoms with Gasteiger partial charge in [0, 0.05) is 5.69 Å². The average molecular weight is 451 g/mol. The fourth-order valence-corrected chi connectivity index (χ4v) is 3.93. The van der Waals surface area contributed by atoms with Gasteiger partial charge < -0.3 is 14.9 Å². The first-order chi connectivity index (χ1) is 16.7. The van der Waals surface area contributed by atoms with Gasteiger partial charge in [0.15, 0.2) is 17.1 Å². The molecule has 3 N–H and O–H groups in total. The van der Waals surface area contributed by atoms with Crippen LogP contribution in [-0.2, 0) is 19.4 Å². The third-order valence-electron chi connectivity index (χ3n) is 5.67. The van der Waals surface area contributed by atoms with Gasteiger partial charge in [0.05, 0.1) is 11.6 Å². The number of nitrogens with zero attached hydrogens (tertiary/aromatic N) is 5. The van der Waals surface area contributed by atoms with Crippen LogP contribution in [0.4, 0.5) is 5.95 Å². The molecule has 4 heterocycles. The van der Waals surface area contributed by atoms with Crippen LogP contribution in [0.3, 0.4) is 0 Å². The summed E-state index contributed by atoms with van der Waals surface area (Å²) in [5.74, 6) is 2.08. The van der Waals surface area contributed by atoms with E-state index in [1.807, 2.05) is 30.3 Å². The standard InChI is InChI=1S/C25H21N7O2/c26-25-28-23-21(24-27-22(31-32(24)25)20-7-4-14-33-20)19(29-30-23)13-10-16-8-11-18(12-9-16)34-15-17-5-2-1-3-6-17/h1-9,11-12,14H,10,13,15H2,(H3,26,28,29,30). The number of nitrogens with two attached hydrogens (primary N) is 1. The number of ether oxygens (including phenoxy) is 1. The minimum absolute atomic E-state index is 0.219. The highest BCUT2D eigenvalue weighted by atomic mass is 16.5. The van der Waals surface area contributed by atoms with Crippen molar-refractivity contribution in [3.63, 3.8) is 0 Å². The number of aryl methyl sites for hydroxylation is 2. The lowest BCUT2D eigenvalue weighted by atomic mass is 10.1. The van der Waals surface area contributed by atoms with Crippen LogP contribution in [0, 0.1) is 0 Å². The van der Waals surface area contributed by atoms with Crippen molar-refractivity contribution in [3.8, 4) is 17.3 Å². The van der Waals surface area contributed by atoms with E-state index >= 15 is 0 Å². The van der Waals surface area contributed by atoms with Gasteiger partial charge in [0.25, 0.3) is 0 Å². The zero-order valence-electron chi connectivity index (χ0n) is 18.2. The molecule has 0 fully saturated rings. The summed E-state index contributed by atoms with van der Waals surface area (Å²) in [4.78, 5) is 9.03. The van der Waals surface area contributed by atoms with Crippen LogP contribution < -0.4 is 10.5 Å². The largest absolute Gasteiger partial charge is 0.489 e. The van der Waals surface area contributed by atoms with Crippen molar-refractivity contribution in [2.45, 2.75) is 19.4 Å². The molecule has 6 aromatic rings. The van der Waals surface area contributed by atoms with Gasteiger partial charge in [-0.05, 0) is 48.2 Å². The summed E-state index contributed by atoms with van der Waals surface area (Å²) in [6, 6.07) is 21.9. The van der Waals surface area contributed by atoms with Crippen LogP contribution in [-0.4, -0.2) is 29.8 Å². The molecule has 0 unspecified atom stereocenters. The number of fused-ring (bicyclic) bond motifs is 3. The highest BCUT2D eigenvalue weighted by molar-refractivity contribution is 5.92. The normalized spacial score (nSPS) is 11.4. The van der Waals surface area contributed by atoms with E-state index < -0.39 is 0 Å². The van der Waals surface area contributed by atoms with E-state index in [-0.39, 0.29) is 5.95 Å². The Morgan fingerprint density at radius 3 is 2.56 bits per heavy atom. The highest BCUT2D eigenvalue weighted by Crippen LogP contribution is 2.26. The van der Waals surface area contributed by atoms with E-state index in [2.05, 4.69) is 49.5 Å². The van der Waals surface area contributed by atoms with Crippen molar-refractivity contribution in [2.24, 2.45) is 0 Å². The predicted octanol–water partition coefficient (Wildman–Crippen LogP) is 4.21. The topological polar surface area (TPSA) is 120 Å². The Labute approximate surface area is 194 Å². The number of H-pyrrole nitrogens is 1. The third kappa shape index (κ3) is 3.73. The molecule has 4 aromatic heterocycles. The zero-order valence-corrected chi connectivity index (χ0v) is 18.2. The van der Waals surface area contributed by atoms with Crippen molar-refractivity contribution >= 4 is 22.6 Å². The Morgan fingerprint density at radius 2 is 1.76 bits per heavy atom. The molecule has 0 amide bonds. The molecule has 0 aliphatic heterocycles. The van der Waals surface area contributed by atoms with Gasteiger partial charge in [-0.3, -0.25) is 5.10 Å². The van der Waals surface area contributed by atoms with Crippen LogP contribution in [0.1, 0.15) is 16.8 Å². The predicted molar refractivity (Wildman–Crippen MR) is 127 cm³/mol. The fourth-order valence-electron chi connectivity index (χ4n) is 3.93. The molecule has 0 saturated heterocycles. The maximum atomic E-state index is 6.09.